The van der Waals surface area contributed by atoms with Crippen molar-refractivity contribution in [3.8, 4) is 0 Å². The van der Waals surface area contributed by atoms with Gasteiger partial charge in [-0.05, 0) is 17.9 Å². The summed E-state index contributed by atoms with van der Waals surface area (Å²) in [5.74, 6) is 1.24. The van der Waals surface area contributed by atoms with E-state index in [1.807, 2.05) is 23.1 Å². The lowest BCUT2D eigenvalue weighted by atomic mass is 10.3. The Morgan fingerprint density at radius 3 is 2.88 bits per heavy atom. The number of amides is 1. The highest BCUT2D eigenvalue weighted by Crippen LogP contribution is 2.33. The van der Waals surface area contributed by atoms with E-state index in [-0.39, 0.29) is 5.91 Å². The van der Waals surface area contributed by atoms with Crippen molar-refractivity contribution in [2.45, 2.75) is 23.1 Å². The normalized spacial score (nSPS) is 20.5. The van der Waals surface area contributed by atoms with Gasteiger partial charge < -0.3 is 4.90 Å². The highest BCUT2D eigenvalue weighted by atomic mass is 79.9. The molecule has 0 saturated carbocycles. The molecular weight excluding hydrogens is 286 g/mol. The Kier molecular flexibility index (Phi) is 3.92. The fourth-order valence-electron chi connectivity index (χ4n) is 1.85. The van der Waals surface area contributed by atoms with Gasteiger partial charge in [0.05, 0.1) is 5.69 Å². The number of alkyl halides is 1. The van der Waals surface area contributed by atoms with Crippen LogP contribution >= 0.6 is 27.7 Å². The quantitative estimate of drug-likeness (QED) is 0.630. The zero-order valence-corrected chi connectivity index (χ0v) is 11.6. The molecule has 0 radical (unpaired) electrons. The third-order valence-electron chi connectivity index (χ3n) is 2.53. The fourth-order valence-corrected chi connectivity index (χ4v) is 3.23. The molecule has 1 aliphatic rings. The third kappa shape index (κ3) is 2.43. The van der Waals surface area contributed by atoms with Gasteiger partial charge in [0.1, 0.15) is 0 Å². The van der Waals surface area contributed by atoms with Crippen molar-refractivity contribution in [3.05, 3.63) is 24.3 Å². The van der Waals surface area contributed by atoms with Gasteiger partial charge in [0, 0.05) is 22.7 Å². The number of para-hydroxylation sites is 1. The number of hydrogen-bond donors (Lipinski definition) is 0. The number of carbonyl (C=O) groups excluding carboxylic acids is 1. The lowest BCUT2D eigenvalue weighted by molar-refractivity contribution is -0.117. The number of nitrogens with zero attached hydrogens (tertiary/aromatic N) is 1. The molecule has 1 unspecified atom stereocenters. The zero-order valence-electron chi connectivity index (χ0n) is 9.15. The first-order valence-electron chi connectivity index (χ1n) is 5.38. The van der Waals surface area contributed by atoms with Gasteiger partial charge in [0.15, 0.2) is 0 Å². The van der Waals surface area contributed by atoms with E-state index in [1.54, 1.807) is 11.8 Å². The number of anilines is 1. The van der Waals surface area contributed by atoms with E-state index < -0.39 is 0 Å². The van der Waals surface area contributed by atoms with Gasteiger partial charge in [-0.1, -0.05) is 35.0 Å². The predicted octanol–water partition coefficient (Wildman–Crippen LogP) is 3.30. The zero-order chi connectivity index (χ0) is 11.5. The molecule has 1 aliphatic heterocycles. The van der Waals surface area contributed by atoms with Gasteiger partial charge in [-0.25, -0.2) is 0 Å². The van der Waals surface area contributed by atoms with Crippen LogP contribution in [-0.2, 0) is 4.79 Å². The summed E-state index contributed by atoms with van der Waals surface area (Å²) in [6, 6.07) is 8.12. The largest absolute Gasteiger partial charge is 0.310 e. The molecule has 1 fully saturated rings. The monoisotopic (exact) mass is 299 g/mol. The van der Waals surface area contributed by atoms with Crippen LogP contribution in [0.5, 0.6) is 0 Å². The minimum Gasteiger partial charge on any atom is -0.310 e. The van der Waals surface area contributed by atoms with Gasteiger partial charge in [-0.3, -0.25) is 4.79 Å². The average molecular weight is 300 g/mol. The minimum absolute atomic E-state index is 0.214. The highest BCUT2D eigenvalue weighted by molar-refractivity contribution is 9.09. The molecule has 1 saturated heterocycles. The van der Waals surface area contributed by atoms with Gasteiger partial charge in [0.2, 0.25) is 5.91 Å². The number of thioether (sulfide) groups is 1. The Morgan fingerprint density at radius 2 is 2.25 bits per heavy atom. The second-order valence-electron chi connectivity index (χ2n) is 3.71. The first-order chi connectivity index (χ1) is 7.72. The molecule has 16 heavy (non-hydrogen) atoms. The van der Waals surface area contributed by atoms with Crippen molar-refractivity contribution in [2.75, 3.05) is 17.2 Å². The molecule has 2 nitrogen and oxygen atoms in total. The molecule has 4 heteroatoms. The summed E-state index contributed by atoms with van der Waals surface area (Å²) in [5, 5.41) is 0. The van der Waals surface area contributed by atoms with Crippen molar-refractivity contribution in [1.29, 1.82) is 0 Å². The van der Waals surface area contributed by atoms with Crippen molar-refractivity contribution >= 4 is 39.3 Å². The van der Waals surface area contributed by atoms with E-state index in [0.717, 1.165) is 18.0 Å². The molecule has 1 atom stereocenters. The predicted molar refractivity (Wildman–Crippen MR) is 72.5 cm³/mol. The highest BCUT2D eigenvalue weighted by Gasteiger charge is 2.29. The van der Waals surface area contributed by atoms with Gasteiger partial charge in [-0.15, -0.1) is 11.8 Å². The Bertz CT molecular complexity index is 396. The first kappa shape index (κ1) is 12.0. The molecular formula is C12H14BrNOS. The van der Waals surface area contributed by atoms with Crippen molar-refractivity contribution < 1.29 is 4.79 Å². The fraction of sp³-hybridized carbons (Fsp3) is 0.417. The summed E-state index contributed by atoms with van der Waals surface area (Å²) in [4.78, 5) is 15.2. The van der Waals surface area contributed by atoms with E-state index in [4.69, 9.17) is 0 Å². The van der Waals surface area contributed by atoms with E-state index in [2.05, 4.69) is 28.9 Å². The number of carbonyl (C=O) groups is 1. The smallest absolute Gasteiger partial charge is 0.228 e. The molecule has 0 bridgehead atoms. The summed E-state index contributed by atoms with van der Waals surface area (Å²) in [6.07, 6.45) is 0.602. The number of halogens is 1. The third-order valence-corrected chi connectivity index (χ3v) is 4.09. The van der Waals surface area contributed by atoms with Gasteiger partial charge in [-0.2, -0.15) is 0 Å². The summed E-state index contributed by atoms with van der Waals surface area (Å²) in [7, 11) is 0. The number of benzene rings is 1. The van der Waals surface area contributed by atoms with Crippen LogP contribution in [0.3, 0.4) is 0 Å². The van der Waals surface area contributed by atoms with Crippen molar-refractivity contribution in [3.63, 3.8) is 0 Å². The molecule has 1 heterocycles. The molecule has 0 N–H and O–H groups in total. The van der Waals surface area contributed by atoms with Crippen LogP contribution in [0.2, 0.25) is 0 Å². The SMILES string of the molecule is CCSc1ccccc1N1CC(Br)CC1=O. The Balaban J connectivity index is 2.29. The van der Waals surface area contributed by atoms with Crippen LogP contribution in [0.1, 0.15) is 13.3 Å². The standard InChI is InChI=1S/C12H14BrNOS/c1-2-16-11-6-4-3-5-10(11)14-8-9(13)7-12(14)15/h3-6,9H,2,7-8H2,1H3. The summed E-state index contributed by atoms with van der Waals surface area (Å²) in [5.41, 5.74) is 1.06. The maximum absolute atomic E-state index is 11.8. The van der Waals surface area contributed by atoms with Crippen LogP contribution in [-0.4, -0.2) is 23.0 Å². The van der Waals surface area contributed by atoms with E-state index >= 15 is 0 Å². The Hall–Kier alpha value is -0.480. The lowest BCUT2D eigenvalue weighted by Crippen LogP contribution is -2.25. The van der Waals surface area contributed by atoms with Gasteiger partial charge in [0.25, 0.3) is 0 Å². The van der Waals surface area contributed by atoms with Crippen LogP contribution in [0, 0.1) is 0 Å². The molecule has 1 aromatic rings. The average Bonchev–Trinajstić information content (AvgIpc) is 2.59. The topological polar surface area (TPSA) is 20.3 Å². The second kappa shape index (κ2) is 5.23. The Labute approximate surface area is 109 Å². The molecule has 1 aromatic carbocycles. The maximum atomic E-state index is 11.8. The van der Waals surface area contributed by atoms with Crippen LogP contribution in [0.25, 0.3) is 0 Å². The number of rotatable bonds is 3. The maximum Gasteiger partial charge on any atom is 0.228 e. The summed E-state index contributed by atoms with van der Waals surface area (Å²) < 4.78 is 0. The van der Waals surface area contributed by atoms with Crippen LogP contribution in [0.4, 0.5) is 5.69 Å². The minimum atomic E-state index is 0.214. The summed E-state index contributed by atoms with van der Waals surface area (Å²) >= 11 is 5.29. The van der Waals surface area contributed by atoms with Crippen LogP contribution in [0.15, 0.2) is 29.2 Å². The molecule has 2 rings (SSSR count). The van der Waals surface area contributed by atoms with E-state index in [0.29, 0.717) is 11.2 Å². The molecule has 0 aliphatic carbocycles. The molecule has 1 amide bonds. The van der Waals surface area contributed by atoms with Crippen molar-refractivity contribution in [1.82, 2.24) is 0 Å². The molecule has 0 spiro atoms. The number of hydrogen-bond acceptors (Lipinski definition) is 2. The first-order valence-corrected chi connectivity index (χ1v) is 7.28. The second-order valence-corrected chi connectivity index (χ2v) is 6.31. The Morgan fingerprint density at radius 1 is 1.50 bits per heavy atom. The van der Waals surface area contributed by atoms with E-state index in [1.165, 1.54) is 4.90 Å². The van der Waals surface area contributed by atoms with E-state index in [9.17, 15) is 4.79 Å². The van der Waals surface area contributed by atoms with Crippen molar-refractivity contribution in [2.24, 2.45) is 0 Å². The lowest BCUT2D eigenvalue weighted by Gasteiger charge is -2.19. The van der Waals surface area contributed by atoms with Gasteiger partial charge >= 0.3 is 0 Å². The summed E-state index contributed by atoms with van der Waals surface area (Å²) in [6.45, 7) is 2.90. The molecule has 0 aromatic heterocycles. The molecule has 86 valence electrons. The van der Waals surface area contributed by atoms with Crippen LogP contribution < -0.4 is 4.90 Å².